The van der Waals surface area contributed by atoms with E-state index in [1.807, 2.05) is 4.90 Å². The van der Waals surface area contributed by atoms with Crippen LogP contribution in [0.25, 0.3) is 11.0 Å². The van der Waals surface area contributed by atoms with Gasteiger partial charge in [0.15, 0.2) is 0 Å². The second-order valence-corrected chi connectivity index (χ2v) is 8.86. The maximum absolute atomic E-state index is 14.0. The van der Waals surface area contributed by atoms with Crippen molar-refractivity contribution in [2.24, 2.45) is 5.92 Å². The number of halogens is 3. The maximum Gasteiger partial charge on any atom is 0.453 e. The van der Waals surface area contributed by atoms with Gasteiger partial charge in [0.1, 0.15) is 17.1 Å². The molecule has 1 saturated heterocycles. The lowest BCUT2D eigenvalue weighted by molar-refractivity contribution is -0.154. The number of benzene rings is 2. The minimum atomic E-state index is -4.97. The number of hydrogen-bond acceptors (Lipinski definition) is 5. The minimum Gasteiger partial charge on any atom is -0.507 e. The first-order chi connectivity index (χ1) is 15.5. The van der Waals surface area contributed by atoms with Gasteiger partial charge in [-0.3, -0.25) is 9.69 Å². The van der Waals surface area contributed by atoms with Crippen molar-refractivity contribution in [3.05, 3.63) is 63.0 Å². The van der Waals surface area contributed by atoms with E-state index in [4.69, 9.17) is 9.15 Å². The lowest BCUT2D eigenvalue weighted by Gasteiger charge is -2.30. The highest BCUT2D eigenvalue weighted by Gasteiger charge is 2.41. The molecule has 1 N–H and O–H groups in total. The van der Waals surface area contributed by atoms with Gasteiger partial charge in [-0.25, -0.2) is 0 Å². The number of phenols is 1. The number of rotatable bonds is 4. The van der Waals surface area contributed by atoms with Crippen LogP contribution in [0.1, 0.15) is 42.2 Å². The van der Waals surface area contributed by atoms with E-state index >= 15 is 0 Å². The van der Waals surface area contributed by atoms with Gasteiger partial charge in [-0.15, -0.1) is 0 Å². The normalized spacial score (nSPS) is 15.8. The smallest absolute Gasteiger partial charge is 0.453 e. The average Bonchev–Trinajstić information content (AvgIpc) is 2.75. The molecule has 0 aliphatic carbocycles. The number of piperidine rings is 1. The summed E-state index contributed by atoms with van der Waals surface area (Å²) >= 11 is 0. The first-order valence-electron chi connectivity index (χ1n) is 10.9. The van der Waals surface area contributed by atoms with E-state index < -0.39 is 23.1 Å². The Morgan fingerprint density at radius 2 is 1.85 bits per heavy atom. The van der Waals surface area contributed by atoms with Gasteiger partial charge in [0.05, 0.1) is 10.9 Å². The zero-order valence-electron chi connectivity index (χ0n) is 18.8. The van der Waals surface area contributed by atoms with E-state index in [1.165, 1.54) is 12.1 Å². The molecule has 0 bridgehead atoms. The van der Waals surface area contributed by atoms with Gasteiger partial charge < -0.3 is 14.3 Å². The predicted molar refractivity (Wildman–Crippen MR) is 119 cm³/mol. The van der Waals surface area contributed by atoms with Gasteiger partial charge >= 0.3 is 6.18 Å². The molecule has 0 saturated carbocycles. The summed E-state index contributed by atoms with van der Waals surface area (Å²) in [7, 11) is 0. The first-order valence-corrected chi connectivity index (χ1v) is 10.9. The van der Waals surface area contributed by atoms with Crippen LogP contribution < -0.4 is 10.2 Å². The summed E-state index contributed by atoms with van der Waals surface area (Å²) in [6.07, 6.45) is -3.06. The fourth-order valence-electron chi connectivity index (χ4n) is 4.09. The second-order valence-electron chi connectivity index (χ2n) is 8.86. The summed E-state index contributed by atoms with van der Waals surface area (Å²) in [6, 6.07) is 7.66. The molecule has 33 heavy (non-hydrogen) atoms. The summed E-state index contributed by atoms with van der Waals surface area (Å²) in [4.78, 5) is 15.3. The van der Waals surface area contributed by atoms with Gasteiger partial charge in [0.25, 0.3) is 5.76 Å². The first kappa shape index (κ1) is 23.2. The third-order valence-electron chi connectivity index (χ3n) is 6.17. The Balaban J connectivity index is 1.86. The number of aryl methyl sites for hydroxylation is 2. The van der Waals surface area contributed by atoms with E-state index in [0.29, 0.717) is 11.5 Å². The standard InChI is InChI=1S/C25H26F3NO4/c1-14-8-10-29(11-9-14)13-18-19(30)7-6-17-21(31)23(24(25(26,27)28)33-22(17)18)32-20-12-15(2)4-5-16(20)3/h4-7,12,14,30H,8-11,13H2,1-3H3. The highest BCUT2D eigenvalue weighted by molar-refractivity contribution is 5.83. The Hall–Kier alpha value is -3.00. The molecule has 0 amide bonds. The van der Waals surface area contributed by atoms with Crippen LogP contribution in [0, 0.1) is 19.8 Å². The van der Waals surface area contributed by atoms with Crippen molar-refractivity contribution in [3.63, 3.8) is 0 Å². The third-order valence-corrected chi connectivity index (χ3v) is 6.17. The number of hydrogen-bond donors (Lipinski definition) is 1. The molecule has 1 fully saturated rings. The topological polar surface area (TPSA) is 62.9 Å². The average molecular weight is 461 g/mol. The van der Waals surface area contributed by atoms with Crippen LogP contribution in [-0.4, -0.2) is 23.1 Å². The Kier molecular flexibility index (Phi) is 6.14. The number of likely N-dealkylation sites (tertiary alicyclic amines) is 1. The third kappa shape index (κ3) is 4.71. The molecule has 2 heterocycles. The molecule has 176 valence electrons. The van der Waals surface area contributed by atoms with Crippen molar-refractivity contribution in [2.45, 2.75) is 46.3 Å². The Labute approximate surface area is 189 Å². The Bertz CT molecular complexity index is 1240. The zero-order chi connectivity index (χ0) is 23.9. The Morgan fingerprint density at radius 1 is 1.15 bits per heavy atom. The quantitative estimate of drug-likeness (QED) is 0.504. The van der Waals surface area contributed by atoms with E-state index in [9.17, 15) is 23.1 Å². The summed E-state index contributed by atoms with van der Waals surface area (Å²) in [5.74, 6) is -1.91. The van der Waals surface area contributed by atoms with E-state index in [1.54, 1.807) is 32.0 Å². The fraction of sp³-hybridized carbons (Fsp3) is 0.400. The van der Waals surface area contributed by atoms with Crippen LogP contribution in [0.5, 0.6) is 17.2 Å². The molecule has 3 aromatic rings. The number of aromatic hydroxyl groups is 1. The van der Waals surface area contributed by atoms with Crippen LogP contribution in [0.4, 0.5) is 13.2 Å². The van der Waals surface area contributed by atoms with Crippen molar-refractivity contribution >= 4 is 11.0 Å². The lowest BCUT2D eigenvalue weighted by atomic mass is 9.98. The van der Waals surface area contributed by atoms with Crippen molar-refractivity contribution < 1.29 is 27.4 Å². The van der Waals surface area contributed by atoms with Gasteiger partial charge in [-0.05, 0) is 75.0 Å². The summed E-state index contributed by atoms with van der Waals surface area (Å²) in [6.45, 7) is 7.30. The number of phenolic OH excluding ortho intramolecular Hbond substituents is 1. The summed E-state index contributed by atoms with van der Waals surface area (Å²) < 4.78 is 52.8. The second kappa shape index (κ2) is 8.74. The Morgan fingerprint density at radius 3 is 2.52 bits per heavy atom. The van der Waals surface area contributed by atoms with E-state index in [-0.39, 0.29) is 34.6 Å². The van der Waals surface area contributed by atoms with Crippen LogP contribution in [0.3, 0.4) is 0 Å². The predicted octanol–water partition coefficient (Wildman–Crippen LogP) is 6.16. The minimum absolute atomic E-state index is 0.0681. The highest BCUT2D eigenvalue weighted by Crippen LogP contribution is 2.40. The molecule has 1 aliphatic heterocycles. The van der Waals surface area contributed by atoms with Crippen LogP contribution in [-0.2, 0) is 12.7 Å². The van der Waals surface area contributed by atoms with Crippen molar-refractivity contribution in [3.8, 4) is 17.2 Å². The van der Waals surface area contributed by atoms with Gasteiger partial charge in [-0.1, -0.05) is 19.1 Å². The molecule has 0 spiro atoms. The SMILES string of the molecule is Cc1ccc(C)c(Oc2c(C(F)(F)F)oc3c(CN4CCC(C)CC4)c(O)ccc3c2=O)c1. The molecule has 2 aromatic carbocycles. The van der Waals surface area contributed by atoms with E-state index in [2.05, 4.69) is 6.92 Å². The lowest BCUT2D eigenvalue weighted by Crippen LogP contribution is -2.32. The van der Waals surface area contributed by atoms with Gasteiger partial charge in [0.2, 0.25) is 11.2 Å². The zero-order valence-corrected chi connectivity index (χ0v) is 18.8. The molecule has 5 nitrogen and oxygen atoms in total. The van der Waals surface area contributed by atoms with Crippen molar-refractivity contribution in [2.75, 3.05) is 13.1 Å². The van der Waals surface area contributed by atoms with Gasteiger partial charge in [0, 0.05) is 6.54 Å². The van der Waals surface area contributed by atoms with Crippen LogP contribution in [0.2, 0.25) is 0 Å². The van der Waals surface area contributed by atoms with Crippen LogP contribution in [0.15, 0.2) is 39.5 Å². The molecule has 1 aromatic heterocycles. The van der Waals surface area contributed by atoms with Gasteiger partial charge in [-0.2, -0.15) is 13.2 Å². The van der Waals surface area contributed by atoms with Crippen LogP contribution >= 0.6 is 0 Å². The molecule has 0 radical (unpaired) electrons. The van der Waals surface area contributed by atoms with Crippen molar-refractivity contribution in [1.82, 2.24) is 4.90 Å². The number of ether oxygens (including phenoxy) is 1. The van der Waals surface area contributed by atoms with Crippen molar-refractivity contribution in [1.29, 1.82) is 0 Å². The molecule has 1 aliphatic rings. The van der Waals surface area contributed by atoms with E-state index in [0.717, 1.165) is 31.5 Å². The summed E-state index contributed by atoms with van der Waals surface area (Å²) in [5, 5.41) is 10.4. The number of nitrogens with zero attached hydrogens (tertiary/aromatic N) is 1. The highest BCUT2D eigenvalue weighted by atomic mass is 19.4. The number of fused-ring (bicyclic) bond motifs is 1. The number of alkyl halides is 3. The summed E-state index contributed by atoms with van der Waals surface area (Å²) in [5.41, 5.74) is 0.330. The molecular formula is C25H26F3NO4. The molecule has 0 unspecified atom stereocenters. The largest absolute Gasteiger partial charge is 0.507 e. The molecule has 4 rings (SSSR count). The molecule has 8 heteroatoms. The molecular weight excluding hydrogens is 435 g/mol. The monoisotopic (exact) mass is 461 g/mol. The maximum atomic E-state index is 14.0. The molecule has 0 atom stereocenters. The fourth-order valence-corrected chi connectivity index (χ4v) is 4.09.